The third kappa shape index (κ3) is 8.55. The molecule has 0 aliphatic carbocycles. The highest BCUT2D eigenvalue weighted by molar-refractivity contribution is 5.79. The molecule has 1 heterocycles. The van der Waals surface area contributed by atoms with Crippen molar-refractivity contribution in [1.29, 1.82) is 0 Å². The predicted molar refractivity (Wildman–Crippen MR) is 112 cm³/mol. The quantitative estimate of drug-likeness (QED) is 0.278. The molecule has 0 bridgehead atoms. The molecule has 1 unspecified atom stereocenters. The van der Waals surface area contributed by atoms with Crippen molar-refractivity contribution in [1.82, 2.24) is 15.6 Å². The summed E-state index contributed by atoms with van der Waals surface area (Å²) in [5.74, 6) is 1.71. The van der Waals surface area contributed by atoms with E-state index in [9.17, 15) is 5.11 Å². The fraction of sp³-hybridized carbons (Fsp3) is 0.429. The van der Waals surface area contributed by atoms with Crippen LogP contribution in [0.25, 0.3) is 0 Å². The number of benzene rings is 1. The number of nitrogens with zero attached hydrogens (tertiary/aromatic N) is 2. The van der Waals surface area contributed by atoms with E-state index in [2.05, 4.69) is 25.9 Å². The lowest BCUT2D eigenvalue weighted by atomic mass is 10.1. The Morgan fingerprint density at radius 1 is 1.04 bits per heavy atom. The number of unbranched alkanes of at least 4 members (excludes halogenated alkanes) is 1. The number of aliphatic hydroxyl groups excluding tert-OH is 1. The van der Waals surface area contributed by atoms with Gasteiger partial charge in [0.1, 0.15) is 5.82 Å². The lowest BCUT2D eigenvalue weighted by Gasteiger charge is -2.14. The SMILES string of the molecule is CCNC(=NCCCCNc1ccccn1)NCCC(O)c1ccccc1. The number of aliphatic hydroxyl groups is 1. The van der Waals surface area contributed by atoms with Gasteiger partial charge in [-0.2, -0.15) is 0 Å². The zero-order valence-electron chi connectivity index (χ0n) is 16.1. The Balaban J connectivity index is 1.63. The Hall–Kier alpha value is -2.60. The molecule has 0 saturated heterocycles. The van der Waals surface area contributed by atoms with Crippen molar-refractivity contribution >= 4 is 11.8 Å². The van der Waals surface area contributed by atoms with E-state index < -0.39 is 6.10 Å². The lowest BCUT2D eigenvalue weighted by Crippen LogP contribution is -2.38. The number of hydrogen-bond acceptors (Lipinski definition) is 4. The van der Waals surface area contributed by atoms with Crippen molar-refractivity contribution in [2.75, 3.05) is 31.5 Å². The van der Waals surface area contributed by atoms with Gasteiger partial charge in [-0.15, -0.1) is 0 Å². The molecule has 0 saturated carbocycles. The van der Waals surface area contributed by atoms with E-state index in [0.29, 0.717) is 13.0 Å². The summed E-state index contributed by atoms with van der Waals surface area (Å²) in [6, 6.07) is 15.6. The first kappa shape index (κ1) is 20.7. The summed E-state index contributed by atoms with van der Waals surface area (Å²) in [7, 11) is 0. The van der Waals surface area contributed by atoms with Crippen LogP contribution in [0.2, 0.25) is 0 Å². The van der Waals surface area contributed by atoms with Gasteiger partial charge in [-0.3, -0.25) is 4.99 Å². The van der Waals surface area contributed by atoms with E-state index >= 15 is 0 Å². The Bertz CT molecular complexity index is 648. The summed E-state index contributed by atoms with van der Waals surface area (Å²) in [4.78, 5) is 8.84. The molecule has 2 rings (SSSR count). The standard InChI is InChI=1S/C21H31N5O/c1-2-22-21(26-17-13-19(27)18-10-4-3-5-11-18)25-16-9-8-15-24-20-12-6-7-14-23-20/h3-7,10-12,14,19,27H,2,8-9,13,15-17H2,1H3,(H,23,24)(H2,22,25,26). The first-order chi connectivity index (χ1) is 13.3. The predicted octanol–water partition coefficient (Wildman–Crippen LogP) is 2.95. The molecule has 6 heteroatoms. The van der Waals surface area contributed by atoms with Crippen LogP contribution in [0.3, 0.4) is 0 Å². The minimum atomic E-state index is -0.459. The summed E-state index contributed by atoms with van der Waals surface area (Å²) in [6.07, 6.45) is 4.01. The number of aromatic nitrogens is 1. The van der Waals surface area contributed by atoms with Crippen molar-refractivity contribution in [3.63, 3.8) is 0 Å². The van der Waals surface area contributed by atoms with Gasteiger partial charge < -0.3 is 21.1 Å². The average Bonchev–Trinajstić information content (AvgIpc) is 2.71. The highest BCUT2D eigenvalue weighted by Gasteiger charge is 2.06. The highest BCUT2D eigenvalue weighted by Crippen LogP contribution is 2.14. The molecule has 0 spiro atoms. The van der Waals surface area contributed by atoms with E-state index in [1.807, 2.05) is 55.5 Å². The van der Waals surface area contributed by atoms with Crippen molar-refractivity contribution in [3.05, 3.63) is 60.3 Å². The van der Waals surface area contributed by atoms with E-state index in [-0.39, 0.29) is 0 Å². The smallest absolute Gasteiger partial charge is 0.191 e. The Morgan fingerprint density at radius 3 is 2.59 bits per heavy atom. The molecular weight excluding hydrogens is 338 g/mol. The summed E-state index contributed by atoms with van der Waals surface area (Å²) < 4.78 is 0. The highest BCUT2D eigenvalue weighted by atomic mass is 16.3. The van der Waals surface area contributed by atoms with E-state index in [1.165, 1.54) is 0 Å². The summed E-state index contributed by atoms with van der Waals surface area (Å²) in [6.45, 7) is 5.18. The Morgan fingerprint density at radius 2 is 1.85 bits per heavy atom. The van der Waals surface area contributed by atoms with Gasteiger partial charge in [0.2, 0.25) is 0 Å². The monoisotopic (exact) mass is 369 g/mol. The number of aliphatic imine (C=N–C) groups is 1. The van der Waals surface area contributed by atoms with Crippen LogP contribution in [-0.2, 0) is 0 Å². The normalized spacial score (nSPS) is 12.4. The first-order valence-corrected chi connectivity index (χ1v) is 9.69. The van der Waals surface area contributed by atoms with Gasteiger partial charge in [0.25, 0.3) is 0 Å². The first-order valence-electron chi connectivity index (χ1n) is 9.69. The van der Waals surface area contributed by atoms with Crippen molar-refractivity contribution in [2.24, 2.45) is 4.99 Å². The molecule has 2 aromatic rings. The number of nitrogens with one attached hydrogen (secondary N) is 3. The fourth-order valence-electron chi connectivity index (χ4n) is 2.62. The van der Waals surface area contributed by atoms with Crippen LogP contribution in [-0.4, -0.2) is 42.2 Å². The maximum Gasteiger partial charge on any atom is 0.191 e. The van der Waals surface area contributed by atoms with Gasteiger partial charge in [0, 0.05) is 32.4 Å². The van der Waals surface area contributed by atoms with Crippen molar-refractivity contribution < 1.29 is 5.11 Å². The molecule has 0 aliphatic heterocycles. The minimum absolute atomic E-state index is 0.459. The Kier molecular flexibility index (Phi) is 9.74. The van der Waals surface area contributed by atoms with Gasteiger partial charge in [-0.1, -0.05) is 36.4 Å². The average molecular weight is 370 g/mol. The maximum atomic E-state index is 10.2. The zero-order valence-corrected chi connectivity index (χ0v) is 16.1. The second-order valence-electron chi connectivity index (χ2n) is 6.25. The van der Waals surface area contributed by atoms with Gasteiger partial charge >= 0.3 is 0 Å². The summed E-state index contributed by atoms with van der Waals surface area (Å²) >= 11 is 0. The molecule has 1 atom stereocenters. The molecule has 146 valence electrons. The molecule has 1 aromatic heterocycles. The zero-order chi connectivity index (χ0) is 19.2. The third-order valence-corrected chi connectivity index (χ3v) is 4.06. The maximum absolute atomic E-state index is 10.2. The van der Waals surface area contributed by atoms with Crippen molar-refractivity contribution in [3.8, 4) is 0 Å². The van der Waals surface area contributed by atoms with Gasteiger partial charge in [-0.25, -0.2) is 4.98 Å². The van der Waals surface area contributed by atoms with E-state index in [1.54, 1.807) is 6.20 Å². The van der Waals surface area contributed by atoms with Crippen molar-refractivity contribution in [2.45, 2.75) is 32.3 Å². The number of rotatable bonds is 11. The number of guanidine groups is 1. The largest absolute Gasteiger partial charge is 0.388 e. The number of anilines is 1. The minimum Gasteiger partial charge on any atom is -0.388 e. The van der Waals surface area contributed by atoms with E-state index in [0.717, 1.165) is 49.8 Å². The van der Waals surface area contributed by atoms with Gasteiger partial charge in [0.15, 0.2) is 5.96 Å². The molecule has 0 aliphatic rings. The Labute approximate surface area is 162 Å². The van der Waals surface area contributed by atoms with Crippen LogP contribution in [0.1, 0.15) is 37.9 Å². The third-order valence-electron chi connectivity index (χ3n) is 4.06. The van der Waals surface area contributed by atoms with Crippen LogP contribution in [0.15, 0.2) is 59.7 Å². The molecule has 6 nitrogen and oxygen atoms in total. The fourth-order valence-corrected chi connectivity index (χ4v) is 2.62. The molecule has 0 amide bonds. The van der Waals surface area contributed by atoms with E-state index in [4.69, 9.17) is 0 Å². The molecular formula is C21H31N5O. The molecule has 0 radical (unpaired) electrons. The second-order valence-corrected chi connectivity index (χ2v) is 6.25. The molecule has 27 heavy (non-hydrogen) atoms. The number of pyridine rings is 1. The van der Waals surface area contributed by atoms with Gasteiger partial charge in [-0.05, 0) is 43.9 Å². The molecule has 0 fully saturated rings. The van der Waals surface area contributed by atoms with Crippen LogP contribution in [0.4, 0.5) is 5.82 Å². The topological polar surface area (TPSA) is 81.6 Å². The van der Waals surface area contributed by atoms with Crippen LogP contribution in [0.5, 0.6) is 0 Å². The van der Waals surface area contributed by atoms with Crippen LogP contribution < -0.4 is 16.0 Å². The van der Waals surface area contributed by atoms with Crippen LogP contribution >= 0.6 is 0 Å². The second kappa shape index (κ2) is 12.7. The summed E-state index contributed by atoms with van der Waals surface area (Å²) in [5.41, 5.74) is 0.946. The number of hydrogen-bond donors (Lipinski definition) is 4. The summed E-state index contributed by atoms with van der Waals surface area (Å²) in [5, 5.41) is 20.1. The molecule has 1 aromatic carbocycles. The van der Waals surface area contributed by atoms with Gasteiger partial charge in [0.05, 0.1) is 6.10 Å². The van der Waals surface area contributed by atoms with Crippen LogP contribution in [0, 0.1) is 0 Å². The molecule has 4 N–H and O–H groups in total. The lowest BCUT2D eigenvalue weighted by molar-refractivity contribution is 0.168.